The molecule has 29 heavy (non-hydrogen) atoms. The molecule has 2 amide bonds. The van der Waals surface area contributed by atoms with Crippen LogP contribution in [0.5, 0.6) is 0 Å². The average Bonchev–Trinajstić information content (AvgIpc) is 3.52. The maximum absolute atomic E-state index is 13.0. The van der Waals surface area contributed by atoms with Crippen LogP contribution in [0.25, 0.3) is 0 Å². The summed E-state index contributed by atoms with van der Waals surface area (Å²) in [5.41, 5.74) is 1.51. The lowest BCUT2D eigenvalue weighted by Gasteiger charge is -2.23. The third kappa shape index (κ3) is 4.51. The molecule has 2 saturated carbocycles. The van der Waals surface area contributed by atoms with E-state index in [1.807, 2.05) is 24.3 Å². The summed E-state index contributed by atoms with van der Waals surface area (Å²) in [6.07, 6.45) is 7.17. The van der Waals surface area contributed by atoms with Crippen LogP contribution in [0.3, 0.4) is 0 Å². The molecule has 2 aliphatic carbocycles. The first-order chi connectivity index (χ1) is 14.0. The van der Waals surface area contributed by atoms with Crippen molar-refractivity contribution in [3.8, 4) is 0 Å². The standard InChI is InChI=1S/C23H24BrClN2O2/c24-16-6-4-5-15(13-16)23(11-12-23)22(29)27-18-9-10-20(25)19(14-18)21(28)26-17-7-2-1-3-8-17/h4-6,9-10,13-14,17H,1-3,7-8,11-12H2,(H,26,28)(H,27,29). The van der Waals surface area contributed by atoms with Gasteiger partial charge in [0.05, 0.1) is 16.0 Å². The van der Waals surface area contributed by atoms with Crippen molar-refractivity contribution in [2.45, 2.75) is 56.4 Å². The SMILES string of the molecule is O=C(NC1CCCCC1)c1cc(NC(=O)C2(c3cccc(Br)c3)CC2)ccc1Cl. The van der Waals surface area contributed by atoms with Gasteiger partial charge in [-0.2, -0.15) is 0 Å². The summed E-state index contributed by atoms with van der Waals surface area (Å²) in [4.78, 5) is 25.8. The van der Waals surface area contributed by atoms with Crippen molar-refractivity contribution in [1.29, 1.82) is 0 Å². The van der Waals surface area contributed by atoms with Gasteiger partial charge in [0.15, 0.2) is 0 Å². The van der Waals surface area contributed by atoms with Crippen LogP contribution in [0, 0.1) is 0 Å². The molecule has 2 N–H and O–H groups in total. The van der Waals surface area contributed by atoms with E-state index in [0.29, 0.717) is 16.3 Å². The zero-order valence-electron chi connectivity index (χ0n) is 16.1. The van der Waals surface area contributed by atoms with Crippen LogP contribution < -0.4 is 10.6 Å². The molecule has 0 radical (unpaired) electrons. The third-order valence-electron chi connectivity index (χ3n) is 5.97. The minimum Gasteiger partial charge on any atom is -0.349 e. The number of halogens is 2. The molecule has 4 rings (SSSR count). The molecule has 0 aliphatic heterocycles. The largest absolute Gasteiger partial charge is 0.349 e. The highest BCUT2D eigenvalue weighted by molar-refractivity contribution is 9.10. The first kappa shape index (κ1) is 20.4. The molecule has 2 aliphatic rings. The average molecular weight is 476 g/mol. The topological polar surface area (TPSA) is 58.2 Å². The zero-order valence-corrected chi connectivity index (χ0v) is 18.5. The number of amides is 2. The van der Waals surface area contributed by atoms with Crippen molar-refractivity contribution in [2.75, 3.05) is 5.32 Å². The Kier molecular flexibility index (Phi) is 5.98. The van der Waals surface area contributed by atoms with Gasteiger partial charge in [-0.15, -0.1) is 0 Å². The number of benzene rings is 2. The number of anilines is 1. The maximum Gasteiger partial charge on any atom is 0.253 e. The van der Waals surface area contributed by atoms with Gasteiger partial charge >= 0.3 is 0 Å². The summed E-state index contributed by atoms with van der Waals surface area (Å²) in [6, 6.07) is 13.2. The van der Waals surface area contributed by atoms with Crippen LogP contribution in [0.4, 0.5) is 5.69 Å². The number of hydrogen-bond donors (Lipinski definition) is 2. The van der Waals surface area contributed by atoms with Gasteiger partial charge in [0.1, 0.15) is 0 Å². The molecule has 0 aromatic heterocycles. The van der Waals surface area contributed by atoms with Crippen LogP contribution in [-0.4, -0.2) is 17.9 Å². The van der Waals surface area contributed by atoms with Gasteiger partial charge < -0.3 is 10.6 Å². The van der Waals surface area contributed by atoms with Gasteiger partial charge in [-0.1, -0.05) is 58.9 Å². The molecular formula is C23H24BrClN2O2. The summed E-state index contributed by atoms with van der Waals surface area (Å²) in [6.45, 7) is 0. The Labute approximate surface area is 184 Å². The van der Waals surface area contributed by atoms with E-state index in [-0.39, 0.29) is 17.9 Å². The van der Waals surface area contributed by atoms with E-state index in [0.717, 1.165) is 48.6 Å². The fourth-order valence-corrected chi connectivity index (χ4v) is 4.70. The smallest absolute Gasteiger partial charge is 0.253 e. The van der Waals surface area contributed by atoms with Crippen LogP contribution in [0.1, 0.15) is 60.9 Å². The van der Waals surface area contributed by atoms with Crippen LogP contribution >= 0.6 is 27.5 Å². The molecular weight excluding hydrogens is 452 g/mol. The van der Waals surface area contributed by atoms with Gasteiger partial charge in [0, 0.05) is 16.2 Å². The van der Waals surface area contributed by atoms with E-state index in [1.165, 1.54) is 6.42 Å². The number of carbonyl (C=O) groups excluding carboxylic acids is 2. The second kappa shape index (κ2) is 8.49. The van der Waals surface area contributed by atoms with E-state index < -0.39 is 5.41 Å². The van der Waals surface area contributed by atoms with Gasteiger partial charge in [-0.25, -0.2) is 0 Å². The molecule has 6 heteroatoms. The minimum absolute atomic E-state index is 0.0449. The van der Waals surface area contributed by atoms with E-state index in [2.05, 4.69) is 26.6 Å². The Hall–Kier alpha value is -1.85. The Balaban J connectivity index is 1.48. The van der Waals surface area contributed by atoms with Crippen molar-refractivity contribution >= 4 is 45.0 Å². The highest BCUT2D eigenvalue weighted by Crippen LogP contribution is 2.49. The summed E-state index contributed by atoms with van der Waals surface area (Å²) in [5, 5.41) is 6.48. The number of hydrogen-bond acceptors (Lipinski definition) is 2. The van der Waals surface area contributed by atoms with Gasteiger partial charge in [-0.3, -0.25) is 9.59 Å². The fraction of sp³-hybridized carbons (Fsp3) is 0.391. The molecule has 152 valence electrons. The minimum atomic E-state index is -0.492. The molecule has 4 nitrogen and oxygen atoms in total. The summed E-state index contributed by atoms with van der Waals surface area (Å²) in [7, 11) is 0. The second-order valence-corrected chi connectivity index (χ2v) is 9.37. The van der Waals surface area contributed by atoms with Crippen molar-refractivity contribution in [1.82, 2.24) is 5.32 Å². The molecule has 0 atom stereocenters. The first-order valence-electron chi connectivity index (χ1n) is 10.2. The Morgan fingerprint density at radius 2 is 1.79 bits per heavy atom. The Morgan fingerprint density at radius 1 is 1.03 bits per heavy atom. The number of carbonyl (C=O) groups is 2. The molecule has 0 spiro atoms. The van der Waals surface area contributed by atoms with E-state index in [9.17, 15) is 9.59 Å². The monoisotopic (exact) mass is 474 g/mol. The van der Waals surface area contributed by atoms with Gasteiger partial charge in [-0.05, 0) is 61.6 Å². The van der Waals surface area contributed by atoms with Gasteiger partial charge in [0.2, 0.25) is 5.91 Å². The predicted octanol–water partition coefficient (Wildman–Crippen LogP) is 5.84. The highest BCUT2D eigenvalue weighted by Gasteiger charge is 2.51. The number of nitrogens with one attached hydrogen (secondary N) is 2. The van der Waals surface area contributed by atoms with Crippen LogP contribution in [0.2, 0.25) is 5.02 Å². The Morgan fingerprint density at radius 3 is 2.48 bits per heavy atom. The van der Waals surface area contributed by atoms with Crippen molar-refractivity contribution in [3.63, 3.8) is 0 Å². The lowest BCUT2D eigenvalue weighted by Crippen LogP contribution is -2.36. The van der Waals surface area contributed by atoms with Crippen LogP contribution in [0.15, 0.2) is 46.9 Å². The summed E-state index contributed by atoms with van der Waals surface area (Å²) < 4.78 is 0.960. The Bertz CT molecular complexity index is 936. The molecule has 0 saturated heterocycles. The van der Waals surface area contributed by atoms with Gasteiger partial charge in [0.25, 0.3) is 5.91 Å². The highest BCUT2D eigenvalue weighted by atomic mass is 79.9. The van der Waals surface area contributed by atoms with E-state index >= 15 is 0 Å². The quantitative estimate of drug-likeness (QED) is 0.571. The molecule has 0 heterocycles. The third-order valence-corrected chi connectivity index (χ3v) is 6.79. The summed E-state index contributed by atoms with van der Waals surface area (Å²) >= 11 is 9.76. The van der Waals surface area contributed by atoms with Crippen molar-refractivity contribution < 1.29 is 9.59 Å². The molecule has 0 unspecified atom stereocenters. The van der Waals surface area contributed by atoms with E-state index in [4.69, 9.17) is 11.6 Å². The zero-order chi connectivity index (χ0) is 20.4. The summed E-state index contributed by atoms with van der Waals surface area (Å²) in [5.74, 6) is -0.220. The number of rotatable bonds is 5. The molecule has 2 fully saturated rings. The van der Waals surface area contributed by atoms with Crippen molar-refractivity contribution in [3.05, 3.63) is 63.1 Å². The molecule has 2 aromatic rings. The normalized spacial score (nSPS) is 18.1. The molecule has 2 aromatic carbocycles. The first-order valence-corrected chi connectivity index (χ1v) is 11.3. The molecule has 0 bridgehead atoms. The lowest BCUT2D eigenvalue weighted by atomic mass is 9.94. The fourth-order valence-electron chi connectivity index (χ4n) is 4.10. The maximum atomic E-state index is 13.0. The van der Waals surface area contributed by atoms with E-state index in [1.54, 1.807) is 18.2 Å². The van der Waals surface area contributed by atoms with Crippen molar-refractivity contribution in [2.24, 2.45) is 0 Å². The second-order valence-electron chi connectivity index (χ2n) is 8.05. The van der Waals surface area contributed by atoms with Crippen LogP contribution in [-0.2, 0) is 10.2 Å². The predicted molar refractivity (Wildman–Crippen MR) is 119 cm³/mol. The lowest BCUT2D eigenvalue weighted by molar-refractivity contribution is -0.118.